The highest BCUT2D eigenvalue weighted by atomic mass is 16.2. The van der Waals surface area contributed by atoms with Crippen LogP contribution in [-0.2, 0) is 9.59 Å². The Morgan fingerprint density at radius 3 is 2.65 bits per heavy atom. The molecule has 1 unspecified atom stereocenters. The van der Waals surface area contributed by atoms with Gasteiger partial charge >= 0.3 is 0 Å². The summed E-state index contributed by atoms with van der Waals surface area (Å²) in [5, 5.41) is 0. The van der Waals surface area contributed by atoms with Gasteiger partial charge < -0.3 is 16.4 Å². The third-order valence-electron chi connectivity index (χ3n) is 2.93. The van der Waals surface area contributed by atoms with Crippen molar-refractivity contribution < 1.29 is 9.59 Å². The lowest BCUT2D eigenvalue weighted by Crippen LogP contribution is -2.38. The smallest absolute Gasteiger partial charge is 0.249 e. The van der Waals surface area contributed by atoms with E-state index in [1.165, 1.54) is 4.90 Å². The van der Waals surface area contributed by atoms with Gasteiger partial charge in [-0.15, -0.1) is 0 Å². The lowest BCUT2D eigenvalue weighted by atomic mass is 10.0. The Bertz CT molecular complexity index is 511. The van der Waals surface area contributed by atoms with Gasteiger partial charge in [-0.2, -0.15) is 0 Å². The number of hydrogen-bond donors (Lipinski definition) is 2. The van der Waals surface area contributed by atoms with Gasteiger partial charge in [0.2, 0.25) is 11.8 Å². The van der Waals surface area contributed by atoms with Crippen LogP contribution in [0, 0.1) is 13.8 Å². The van der Waals surface area contributed by atoms with Crippen molar-refractivity contribution in [1.29, 1.82) is 0 Å². The van der Waals surface area contributed by atoms with Gasteiger partial charge in [0.05, 0.1) is 5.69 Å². The minimum absolute atomic E-state index is 0.122. The third kappa shape index (κ3) is 1.78. The molecule has 1 heterocycles. The first-order valence-corrected chi connectivity index (χ1v) is 5.38. The highest BCUT2D eigenvalue weighted by Gasteiger charge is 2.36. The number of nitrogens with two attached hydrogens (primary N) is 2. The van der Waals surface area contributed by atoms with Gasteiger partial charge in [0.25, 0.3) is 0 Å². The SMILES string of the molecule is Cc1cc(C)c2c(c1)C(N)C(=O)N2CC(N)=O. The molecule has 1 aromatic rings. The summed E-state index contributed by atoms with van der Waals surface area (Å²) in [7, 11) is 0. The van der Waals surface area contributed by atoms with Crippen LogP contribution in [0.5, 0.6) is 0 Å². The number of carbonyl (C=O) groups excluding carboxylic acids is 2. The maximum Gasteiger partial charge on any atom is 0.249 e. The summed E-state index contributed by atoms with van der Waals surface area (Å²) in [6.45, 7) is 3.72. The van der Waals surface area contributed by atoms with Crippen LogP contribution in [0.25, 0.3) is 0 Å². The number of aryl methyl sites for hydroxylation is 2. The predicted molar refractivity (Wildman–Crippen MR) is 64.4 cm³/mol. The van der Waals surface area contributed by atoms with Crippen LogP contribution in [0.2, 0.25) is 0 Å². The minimum Gasteiger partial charge on any atom is -0.368 e. The number of benzene rings is 1. The second-order valence-corrected chi connectivity index (χ2v) is 4.39. The van der Waals surface area contributed by atoms with E-state index in [4.69, 9.17) is 11.5 Å². The summed E-state index contributed by atoms with van der Waals surface area (Å²) < 4.78 is 0. The van der Waals surface area contributed by atoms with Gasteiger partial charge in [0.1, 0.15) is 12.6 Å². The van der Waals surface area contributed by atoms with Gasteiger partial charge in [0, 0.05) is 5.56 Å². The zero-order valence-electron chi connectivity index (χ0n) is 9.86. The van der Waals surface area contributed by atoms with E-state index >= 15 is 0 Å². The Kier molecular flexibility index (Phi) is 2.63. The molecule has 17 heavy (non-hydrogen) atoms. The van der Waals surface area contributed by atoms with Gasteiger partial charge in [-0.05, 0) is 19.4 Å². The molecule has 1 atom stereocenters. The summed E-state index contributed by atoms with van der Waals surface area (Å²) in [6.07, 6.45) is 0. The Morgan fingerprint density at radius 2 is 2.06 bits per heavy atom. The van der Waals surface area contributed by atoms with Crippen LogP contribution in [-0.4, -0.2) is 18.4 Å². The summed E-state index contributed by atoms with van der Waals surface area (Å²) in [5.74, 6) is -0.814. The zero-order valence-corrected chi connectivity index (χ0v) is 9.86. The van der Waals surface area contributed by atoms with E-state index in [1.807, 2.05) is 26.0 Å². The Hall–Kier alpha value is -1.88. The van der Waals surface area contributed by atoms with E-state index in [1.54, 1.807) is 0 Å². The van der Waals surface area contributed by atoms with Gasteiger partial charge in [-0.1, -0.05) is 17.7 Å². The fraction of sp³-hybridized carbons (Fsp3) is 0.333. The van der Waals surface area contributed by atoms with Crippen molar-refractivity contribution in [3.05, 3.63) is 28.8 Å². The molecule has 0 bridgehead atoms. The van der Waals surface area contributed by atoms with E-state index in [2.05, 4.69) is 0 Å². The fourth-order valence-corrected chi connectivity index (χ4v) is 2.32. The van der Waals surface area contributed by atoms with Crippen molar-refractivity contribution in [3.63, 3.8) is 0 Å². The van der Waals surface area contributed by atoms with Crippen LogP contribution in [0.15, 0.2) is 12.1 Å². The number of rotatable bonds is 2. The number of nitrogens with zero attached hydrogens (tertiary/aromatic N) is 1. The highest BCUT2D eigenvalue weighted by molar-refractivity contribution is 6.08. The quantitative estimate of drug-likeness (QED) is 0.761. The lowest BCUT2D eigenvalue weighted by Gasteiger charge is -2.17. The molecule has 1 aliphatic rings. The number of primary amides is 1. The van der Waals surface area contributed by atoms with E-state index in [0.29, 0.717) is 0 Å². The average molecular weight is 233 g/mol. The molecule has 0 aliphatic carbocycles. The first kappa shape index (κ1) is 11.6. The first-order valence-electron chi connectivity index (χ1n) is 5.38. The lowest BCUT2D eigenvalue weighted by molar-refractivity contribution is -0.122. The maximum atomic E-state index is 12.0. The normalized spacial score (nSPS) is 18.4. The molecule has 5 nitrogen and oxygen atoms in total. The van der Waals surface area contributed by atoms with Crippen molar-refractivity contribution >= 4 is 17.5 Å². The molecule has 1 aromatic carbocycles. The second-order valence-electron chi connectivity index (χ2n) is 4.39. The largest absolute Gasteiger partial charge is 0.368 e. The van der Waals surface area contributed by atoms with E-state index in [0.717, 1.165) is 22.4 Å². The highest BCUT2D eigenvalue weighted by Crippen LogP contribution is 2.37. The monoisotopic (exact) mass is 233 g/mol. The number of amides is 2. The van der Waals surface area contributed by atoms with Crippen LogP contribution in [0.3, 0.4) is 0 Å². The molecule has 2 amide bonds. The van der Waals surface area contributed by atoms with Crippen LogP contribution < -0.4 is 16.4 Å². The molecule has 0 aromatic heterocycles. The summed E-state index contributed by atoms with van der Waals surface area (Å²) in [4.78, 5) is 24.3. The Morgan fingerprint density at radius 1 is 1.41 bits per heavy atom. The van der Waals surface area contributed by atoms with Gasteiger partial charge in [0.15, 0.2) is 0 Å². The second kappa shape index (κ2) is 3.85. The van der Waals surface area contributed by atoms with Crippen molar-refractivity contribution in [2.45, 2.75) is 19.9 Å². The standard InChI is InChI=1S/C12H15N3O2/c1-6-3-7(2)11-8(4-6)10(14)12(17)15(11)5-9(13)16/h3-4,10H,5,14H2,1-2H3,(H2,13,16). The molecule has 0 saturated carbocycles. The van der Waals surface area contributed by atoms with Crippen LogP contribution in [0.1, 0.15) is 22.7 Å². The number of fused-ring (bicyclic) bond motifs is 1. The molecule has 90 valence electrons. The fourth-order valence-electron chi connectivity index (χ4n) is 2.32. The predicted octanol–water partition coefficient (Wildman–Crippen LogP) is 0.135. The Labute approximate surface area is 99.4 Å². The molecule has 0 spiro atoms. The first-order chi connectivity index (χ1) is 7.91. The van der Waals surface area contributed by atoms with Crippen LogP contribution in [0.4, 0.5) is 5.69 Å². The van der Waals surface area contributed by atoms with Gasteiger partial charge in [-0.3, -0.25) is 9.59 Å². The molecule has 0 saturated heterocycles. The van der Waals surface area contributed by atoms with Crippen LogP contribution >= 0.6 is 0 Å². The van der Waals surface area contributed by atoms with Crippen molar-refractivity contribution in [2.24, 2.45) is 11.5 Å². The number of anilines is 1. The van der Waals surface area contributed by atoms with E-state index in [-0.39, 0.29) is 12.5 Å². The third-order valence-corrected chi connectivity index (χ3v) is 2.93. The molecule has 4 N–H and O–H groups in total. The van der Waals surface area contributed by atoms with E-state index in [9.17, 15) is 9.59 Å². The number of carbonyl (C=O) groups is 2. The van der Waals surface area contributed by atoms with Crippen molar-refractivity contribution in [1.82, 2.24) is 0 Å². The molecular weight excluding hydrogens is 218 g/mol. The maximum absolute atomic E-state index is 12.0. The van der Waals surface area contributed by atoms with Gasteiger partial charge in [-0.25, -0.2) is 0 Å². The summed E-state index contributed by atoms with van der Waals surface area (Å²) >= 11 is 0. The summed E-state index contributed by atoms with van der Waals surface area (Å²) in [5.41, 5.74) is 14.5. The van der Waals surface area contributed by atoms with Crippen molar-refractivity contribution in [2.75, 3.05) is 11.4 Å². The molecule has 0 fully saturated rings. The zero-order chi connectivity index (χ0) is 12.7. The minimum atomic E-state index is -0.692. The molecule has 5 heteroatoms. The molecule has 0 radical (unpaired) electrons. The summed E-state index contributed by atoms with van der Waals surface area (Å²) in [6, 6.07) is 3.15. The molecule has 1 aliphatic heterocycles. The molecular formula is C12H15N3O2. The average Bonchev–Trinajstić information content (AvgIpc) is 2.43. The topological polar surface area (TPSA) is 89.4 Å². The number of hydrogen-bond acceptors (Lipinski definition) is 3. The molecule has 2 rings (SSSR count). The Balaban J connectivity index is 2.56. The van der Waals surface area contributed by atoms with E-state index < -0.39 is 11.9 Å². The van der Waals surface area contributed by atoms with Crippen molar-refractivity contribution in [3.8, 4) is 0 Å².